The summed E-state index contributed by atoms with van der Waals surface area (Å²) in [5, 5.41) is 0. The summed E-state index contributed by atoms with van der Waals surface area (Å²) in [7, 11) is 0. The summed E-state index contributed by atoms with van der Waals surface area (Å²) in [4.78, 5) is 15.0. The molecule has 0 radical (unpaired) electrons. The number of aryl methyl sites for hydroxylation is 1. The van der Waals surface area contributed by atoms with Crippen molar-refractivity contribution in [3.8, 4) is 0 Å². The molecule has 3 rings (SSSR count). The Hall–Kier alpha value is -1.46. The van der Waals surface area contributed by atoms with E-state index in [2.05, 4.69) is 0 Å². The molecule has 1 aliphatic heterocycles. The molecule has 2 heterocycles. The summed E-state index contributed by atoms with van der Waals surface area (Å²) >= 11 is 0. The molecule has 0 aromatic carbocycles. The maximum Gasteiger partial charge on any atom is 0.406 e. The Morgan fingerprint density at radius 3 is 2.46 bits per heavy atom. The fraction of sp³-hybridized carbons (Fsp3) is 0.750. The van der Waals surface area contributed by atoms with E-state index < -0.39 is 12.7 Å². The van der Waals surface area contributed by atoms with Crippen LogP contribution in [-0.4, -0.2) is 34.1 Å². The Labute approximate surface area is 153 Å². The molecule has 2 aliphatic rings. The number of alkyl halides is 3. The highest BCUT2D eigenvalue weighted by Crippen LogP contribution is 2.33. The van der Waals surface area contributed by atoms with Crippen molar-refractivity contribution in [2.24, 2.45) is 5.92 Å². The van der Waals surface area contributed by atoms with Crippen molar-refractivity contribution in [3.63, 3.8) is 0 Å². The van der Waals surface area contributed by atoms with Crippen LogP contribution in [0.5, 0.6) is 0 Å². The molecule has 1 aliphatic carbocycles. The van der Waals surface area contributed by atoms with Gasteiger partial charge in [-0.1, -0.05) is 32.1 Å². The molecule has 2 fully saturated rings. The topological polar surface area (TPSA) is 25.2 Å². The van der Waals surface area contributed by atoms with Gasteiger partial charge in [0.05, 0.1) is 5.56 Å². The number of amides is 1. The van der Waals surface area contributed by atoms with Gasteiger partial charge in [0.15, 0.2) is 0 Å². The number of rotatable bonds is 4. The van der Waals surface area contributed by atoms with Gasteiger partial charge < -0.3 is 9.47 Å². The Bertz CT molecular complexity index is 644. The van der Waals surface area contributed by atoms with Gasteiger partial charge >= 0.3 is 6.18 Å². The molecule has 26 heavy (non-hydrogen) atoms. The van der Waals surface area contributed by atoms with Crippen LogP contribution in [0.25, 0.3) is 0 Å². The van der Waals surface area contributed by atoms with Gasteiger partial charge in [-0.3, -0.25) is 4.79 Å². The highest BCUT2D eigenvalue weighted by molar-refractivity contribution is 5.96. The van der Waals surface area contributed by atoms with Gasteiger partial charge in [0.1, 0.15) is 6.54 Å². The third-order valence-corrected chi connectivity index (χ3v) is 6.11. The van der Waals surface area contributed by atoms with Crippen LogP contribution in [0.15, 0.2) is 6.07 Å². The number of halogens is 3. The predicted octanol–water partition coefficient (Wildman–Crippen LogP) is 5.24. The monoisotopic (exact) mass is 370 g/mol. The van der Waals surface area contributed by atoms with Crippen LogP contribution in [0, 0.1) is 19.8 Å². The number of carbonyl (C=O) groups excluding carboxylic acids is 1. The minimum atomic E-state index is -4.29. The molecule has 6 heteroatoms. The van der Waals surface area contributed by atoms with Crippen molar-refractivity contribution in [1.29, 1.82) is 0 Å². The Kier molecular flexibility index (Phi) is 5.68. The Morgan fingerprint density at radius 1 is 1.12 bits per heavy atom. The first-order valence-electron chi connectivity index (χ1n) is 9.80. The molecule has 0 N–H and O–H groups in total. The average molecular weight is 370 g/mol. The summed E-state index contributed by atoms with van der Waals surface area (Å²) in [6, 6.07) is 1.87. The highest BCUT2D eigenvalue weighted by Gasteiger charge is 2.34. The first kappa shape index (κ1) is 19.3. The van der Waals surface area contributed by atoms with Crippen molar-refractivity contribution in [2.45, 2.75) is 84.0 Å². The number of nitrogens with zero attached hydrogens (tertiary/aromatic N) is 2. The average Bonchev–Trinajstić information content (AvgIpc) is 3.14. The zero-order chi connectivity index (χ0) is 18.9. The first-order valence-corrected chi connectivity index (χ1v) is 9.80. The molecule has 1 unspecified atom stereocenters. The first-order chi connectivity index (χ1) is 12.3. The van der Waals surface area contributed by atoms with Gasteiger partial charge in [-0.25, -0.2) is 0 Å². The lowest BCUT2D eigenvalue weighted by molar-refractivity contribution is -0.141. The lowest BCUT2D eigenvalue weighted by Gasteiger charge is -2.30. The van der Waals surface area contributed by atoms with Gasteiger partial charge in [-0.15, -0.1) is 0 Å². The molecule has 1 saturated heterocycles. The van der Waals surface area contributed by atoms with Crippen molar-refractivity contribution in [2.75, 3.05) is 6.54 Å². The molecule has 1 aromatic rings. The Balaban J connectivity index is 1.74. The summed E-state index contributed by atoms with van der Waals surface area (Å²) in [5.41, 5.74) is 1.35. The highest BCUT2D eigenvalue weighted by atomic mass is 19.4. The van der Waals surface area contributed by atoms with Gasteiger partial charge in [0, 0.05) is 24.0 Å². The molecule has 146 valence electrons. The molecular formula is C20H29F3N2O. The van der Waals surface area contributed by atoms with Crippen molar-refractivity contribution in [1.82, 2.24) is 9.47 Å². The van der Waals surface area contributed by atoms with E-state index >= 15 is 0 Å². The predicted molar refractivity (Wildman–Crippen MR) is 95.2 cm³/mol. The third kappa shape index (κ3) is 4.26. The summed E-state index contributed by atoms with van der Waals surface area (Å²) in [6.45, 7) is 2.94. The second-order valence-corrected chi connectivity index (χ2v) is 8.02. The van der Waals surface area contributed by atoms with Crippen LogP contribution in [0.4, 0.5) is 13.2 Å². The number of aromatic nitrogens is 1. The zero-order valence-electron chi connectivity index (χ0n) is 15.7. The van der Waals surface area contributed by atoms with E-state index in [1.165, 1.54) is 36.7 Å². The molecule has 3 nitrogen and oxygen atoms in total. The normalized spacial score (nSPS) is 22.2. The third-order valence-electron chi connectivity index (χ3n) is 6.11. The Morgan fingerprint density at radius 2 is 1.81 bits per heavy atom. The quantitative estimate of drug-likeness (QED) is 0.711. The van der Waals surface area contributed by atoms with Crippen LogP contribution < -0.4 is 0 Å². The van der Waals surface area contributed by atoms with Gasteiger partial charge in [-0.05, 0) is 45.1 Å². The lowest BCUT2D eigenvalue weighted by Crippen LogP contribution is -2.37. The maximum absolute atomic E-state index is 13.1. The molecule has 1 atom stereocenters. The van der Waals surface area contributed by atoms with Crippen molar-refractivity contribution in [3.05, 3.63) is 23.0 Å². The van der Waals surface area contributed by atoms with E-state index in [1.807, 2.05) is 4.90 Å². The molecule has 0 bridgehead atoms. The van der Waals surface area contributed by atoms with E-state index in [-0.39, 0.29) is 11.9 Å². The fourth-order valence-electron chi connectivity index (χ4n) is 4.75. The van der Waals surface area contributed by atoms with Gasteiger partial charge in [0.25, 0.3) is 5.91 Å². The molecule has 1 amide bonds. The van der Waals surface area contributed by atoms with Gasteiger partial charge in [0.2, 0.25) is 0 Å². The van der Waals surface area contributed by atoms with E-state index in [0.29, 0.717) is 22.9 Å². The minimum Gasteiger partial charge on any atom is -0.339 e. The van der Waals surface area contributed by atoms with E-state index in [0.717, 1.165) is 25.8 Å². The number of carbonyl (C=O) groups is 1. The number of likely N-dealkylation sites (tertiary alicyclic amines) is 1. The van der Waals surface area contributed by atoms with Crippen molar-refractivity contribution < 1.29 is 18.0 Å². The van der Waals surface area contributed by atoms with E-state index in [4.69, 9.17) is 0 Å². The number of hydrogen-bond donors (Lipinski definition) is 0. The summed E-state index contributed by atoms with van der Waals surface area (Å²) < 4.78 is 39.7. The maximum atomic E-state index is 13.1. The number of hydrogen-bond acceptors (Lipinski definition) is 1. The standard InChI is InChI=1S/C20H29F3N2O/c1-14-11-18(15(2)25(14)13-20(21,22)23)19(26)24-10-6-9-17(24)12-16-7-4-3-5-8-16/h11,16-17H,3-10,12-13H2,1-2H3. The summed E-state index contributed by atoms with van der Waals surface area (Å²) in [6.07, 6.45) is 5.15. The van der Waals surface area contributed by atoms with Crippen LogP contribution >= 0.6 is 0 Å². The molecule has 1 aromatic heterocycles. The summed E-state index contributed by atoms with van der Waals surface area (Å²) in [5.74, 6) is 0.602. The van der Waals surface area contributed by atoms with E-state index in [1.54, 1.807) is 19.9 Å². The van der Waals surface area contributed by atoms with Crippen LogP contribution in [0.2, 0.25) is 0 Å². The van der Waals surface area contributed by atoms with Crippen LogP contribution in [0.1, 0.15) is 73.1 Å². The SMILES string of the molecule is Cc1cc(C(=O)N2CCCC2CC2CCCCC2)c(C)n1CC(F)(F)F. The fourth-order valence-corrected chi connectivity index (χ4v) is 4.75. The second kappa shape index (κ2) is 7.65. The lowest BCUT2D eigenvalue weighted by atomic mass is 9.84. The second-order valence-electron chi connectivity index (χ2n) is 8.02. The zero-order valence-corrected chi connectivity index (χ0v) is 15.7. The smallest absolute Gasteiger partial charge is 0.339 e. The van der Waals surface area contributed by atoms with Gasteiger partial charge in [-0.2, -0.15) is 13.2 Å². The van der Waals surface area contributed by atoms with E-state index in [9.17, 15) is 18.0 Å². The largest absolute Gasteiger partial charge is 0.406 e. The van der Waals surface area contributed by atoms with Crippen molar-refractivity contribution >= 4 is 5.91 Å². The van der Waals surface area contributed by atoms with Crippen LogP contribution in [-0.2, 0) is 6.54 Å². The minimum absolute atomic E-state index is 0.0927. The van der Waals surface area contributed by atoms with Crippen LogP contribution in [0.3, 0.4) is 0 Å². The molecule has 0 spiro atoms. The molecular weight excluding hydrogens is 341 g/mol. The molecule has 1 saturated carbocycles.